The van der Waals surface area contributed by atoms with Gasteiger partial charge in [-0.25, -0.2) is 4.99 Å². The van der Waals surface area contributed by atoms with Gasteiger partial charge in [-0.2, -0.15) is 0 Å². The van der Waals surface area contributed by atoms with E-state index < -0.39 is 0 Å². The van der Waals surface area contributed by atoms with Gasteiger partial charge in [-0.3, -0.25) is 4.79 Å². The maximum Gasteiger partial charge on any atom is 0.264 e. The van der Waals surface area contributed by atoms with Gasteiger partial charge in [0.15, 0.2) is 5.17 Å². The van der Waals surface area contributed by atoms with Crippen LogP contribution in [0, 0.1) is 41.5 Å². The number of hydrogen-bond donors (Lipinski definition) is 1. The number of benzene rings is 2. The Morgan fingerprint density at radius 3 is 2.38 bits per heavy atom. The monoisotopic (exact) mass is 507 g/mol. The summed E-state index contributed by atoms with van der Waals surface area (Å²) in [4.78, 5) is 18.0. The van der Waals surface area contributed by atoms with E-state index in [2.05, 4.69) is 82.8 Å². The van der Waals surface area contributed by atoms with Gasteiger partial charge in [0.2, 0.25) is 0 Å². The maximum absolute atomic E-state index is 12.6. The standard InChI is InChI=1S/C26H26BrN3OS/c1-14-8-7-9-22(18(14)5)30-17(4)12-20(19(30)6)13-23-25(31)29-26(32-23)28-21-10-15(2)24(27)16(3)11-21/h7-13H,1-6H3,(H,28,29,31)/b23-13-. The molecule has 0 spiro atoms. The van der Waals surface area contributed by atoms with E-state index in [-0.39, 0.29) is 5.91 Å². The van der Waals surface area contributed by atoms with Gasteiger partial charge in [-0.05, 0) is 111 Å². The highest BCUT2D eigenvalue weighted by Crippen LogP contribution is 2.33. The first-order valence-electron chi connectivity index (χ1n) is 10.5. The second-order valence-electron chi connectivity index (χ2n) is 8.26. The number of hydrogen-bond acceptors (Lipinski definition) is 3. The van der Waals surface area contributed by atoms with Crippen molar-refractivity contribution in [2.24, 2.45) is 4.99 Å². The zero-order valence-electron chi connectivity index (χ0n) is 19.1. The molecular formula is C26H26BrN3OS. The number of aromatic nitrogens is 1. The first-order chi connectivity index (χ1) is 15.2. The summed E-state index contributed by atoms with van der Waals surface area (Å²) in [7, 11) is 0. The van der Waals surface area contributed by atoms with Crippen LogP contribution in [0.5, 0.6) is 0 Å². The van der Waals surface area contributed by atoms with Crippen LogP contribution in [0.3, 0.4) is 0 Å². The lowest BCUT2D eigenvalue weighted by atomic mass is 10.1. The molecule has 0 saturated carbocycles. The number of halogens is 1. The normalized spacial score (nSPS) is 16.3. The second-order valence-corrected chi connectivity index (χ2v) is 10.1. The Kier molecular flexibility index (Phi) is 6.19. The summed E-state index contributed by atoms with van der Waals surface area (Å²) in [5.41, 5.74) is 10.1. The van der Waals surface area contributed by atoms with Gasteiger partial charge in [0.1, 0.15) is 0 Å². The van der Waals surface area contributed by atoms with Gasteiger partial charge in [0, 0.05) is 21.5 Å². The van der Waals surface area contributed by atoms with Gasteiger partial charge in [-0.1, -0.05) is 28.1 Å². The lowest BCUT2D eigenvalue weighted by Crippen LogP contribution is -2.19. The van der Waals surface area contributed by atoms with Gasteiger partial charge >= 0.3 is 0 Å². The molecule has 0 radical (unpaired) electrons. The Labute approximate surface area is 202 Å². The molecule has 1 amide bonds. The van der Waals surface area contributed by atoms with Crippen molar-refractivity contribution in [2.45, 2.75) is 41.5 Å². The van der Waals surface area contributed by atoms with Crippen molar-refractivity contribution in [2.75, 3.05) is 0 Å². The zero-order valence-corrected chi connectivity index (χ0v) is 21.5. The molecule has 32 heavy (non-hydrogen) atoms. The van der Waals surface area contributed by atoms with E-state index in [1.54, 1.807) is 0 Å². The molecule has 4 nitrogen and oxygen atoms in total. The van der Waals surface area contributed by atoms with Crippen molar-refractivity contribution >= 4 is 50.5 Å². The van der Waals surface area contributed by atoms with Gasteiger partial charge in [0.25, 0.3) is 5.91 Å². The average molecular weight is 508 g/mol. The van der Waals surface area contributed by atoms with Gasteiger partial charge in [0.05, 0.1) is 10.6 Å². The molecule has 0 aliphatic carbocycles. The van der Waals surface area contributed by atoms with E-state index >= 15 is 0 Å². The number of amidine groups is 1. The summed E-state index contributed by atoms with van der Waals surface area (Å²) in [5, 5.41) is 3.51. The fourth-order valence-corrected chi connectivity index (χ4v) is 5.07. The van der Waals surface area contributed by atoms with E-state index in [1.165, 1.54) is 28.6 Å². The topological polar surface area (TPSA) is 46.4 Å². The number of amides is 1. The van der Waals surface area contributed by atoms with Crippen LogP contribution in [-0.2, 0) is 4.79 Å². The van der Waals surface area contributed by atoms with E-state index in [1.807, 2.05) is 32.1 Å². The number of nitrogens with one attached hydrogen (secondary N) is 1. The SMILES string of the molecule is Cc1cccc(-n2c(C)cc(/C=C3\SC(=Nc4cc(C)c(Br)c(C)c4)NC3=O)c2C)c1C. The molecule has 1 saturated heterocycles. The summed E-state index contributed by atoms with van der Waals surface area (Å²) < 4.78 is 3.35. The van der Waals surface area contributed by atoms with E-state index in [0.717, 1.165) is 38.2 Å². The predicted molar refractivity (Wildman–Crippen MR) is 139 cm³/mol. The minimum absolute atomic E-state index is 0.115. The third-order valence-electron chi connectivity index (χ3n) is 5.88. The van der Waals surface area contributed by atoms with Crippen molar-refractivity contribution in [3.05, 3.63) is 85.0 Å². The minimum Gasteiger partial charge on any atom is -0.318 e. The van der Waals surface area contributed by atoms with E-state index in [9.17, 15) is 4.79 Å². The highest BCUT2D eigenvalue weighted by atomic mass is 79.9. The number of thioether (sulfide) groups is 1. The Morgan fingerprint density at radius 2 is 1.69 bits per heavy atom. The molecule has 1 aliphatic heterocycles. The fourth-order valence-electron chi connectivity index (χ4n) is 4.01. The first-order valence-corrected chi connectivity index (χ1v) is 12.1. The molecule has 1 fully saturated rings. The number of aliphatic imine (C=N–C) groups is 1. The van der Waals surface area contributed by atoms with Crippen molar-refractivity contribution in [3.8, 4) is 5.69 Å². The summed E-state index contributed by atoms with van der Waals surface area (Å²) in [6.07, 6.45) is 1.96. The van der Waals surface area contributed by atoms with Crippen LogP contribution in [0.25, 0.3) is 11.8 Å². The average Bonchev–Trinajstić information content (AvgIpc) is 3.20. The van der Waals surface area contributed by atoms with Gasteiger partial charge in [-0.15, -0.1) is 0 Å². The van der Waals surface area contributed by atoms with Crippen LogP contribution < -0.4 is 5.32 Å². The molecule has 2 heterocycles. The molecule has 164 valence electrons. The number of nitrogens with zero attached hydrogens (tertiary/aromatic N) is 2. The number of aryl methyl sites for hydroxylation is 4. The van der Waals surface area contributed by atoms with Crippen LogP contribution in [0.2, 0.25) is 0 Å². The molecule has 4 rings (SSSR count). The van der Waals surface area contributed by atoms with Crippen LogP contribution in [0.1, 0.15) is 39.2 Å². The lowest BCUT2D eigenvalue weighted by molar-refractivity contribution is -0.115. The van der Waals surface area contributed by atoms with Crippen molar-refractivity contribution in [1.82, 2.24) is 9.88 Å². The Bertz CT molecular complexity index is 1290. The van der Waals surface area contributed by atoms with Crippen molar-refractivity contribution in [1.29, 1.82) is 0 Å². The quantitative estimate of drug-likeness (QED) is 0.388. The van der Waals surface area contributed by atoms with Crippen LogP contribution in [0.4, 0.5) is 5.69 Å². The molecule has 6 heteroatoms. The van der Waals surface area contributed by atoms with Crippen LogP contribution in [-0.4, -0.2) is 15.6 Å². The summed E-state index contributed by atoms with van der Waals surface area (Å²) in [6, 6.07) is 12.5. The lowest BCUT2D eigenvalue weighted by Gasteiger charge is -2.14. The van der Waals surface area contributed by atoms with E-state index in [4.69, 9.17) is 0 Å². The maximum atomic E-state index is 12.6. The van der Waals surface area contributed by atoms with Gasteiger partial charge < -0.3 is 9.88 Å². The molecule has 2 aromatic carbocycles. The van der Waals surface area contributed by atoms with Crippen molar-refractivity contribution < 1.29 is 4.79 Å². The second kappa shape index (κ2) is 8.75. The first kappa shape index (κ1) is 22.6. The molecule has 1 aromatic heterocycles. The minimum atomic E-state index is -0.115. The molecule has 0 unspecified atom stereocenters. The van der Waals surface area contributed by atoms with E-state index in [0.29, 0.717) is 10.1 Å². The number of carbonyl (C=O) groups excluding carboxylic acids is 1. The molecular weight excluding hydrogens is 482 g/mol. The predicted octanol–water partition coefficient (Wildman–Crippen LogP) is 6.98. The summed E-state index contributed by atoms with van der Waals surface area (Å²) in [5.74, 6) is -0.115. The third-order valence-corrected chi connectivity index (χ3v) is 8.04. The summed E-state index contributed by atoms with van der Waals surface area (Å²) in [6.45, 7) is 12.6. The largest absolute Gasteiger partial charge is 0.318 e. The Morgan fingerprint density at radius 1 is 1.00 bits per heavy atom. The molecule has 3 aromatic rings. The highest BCUT2D eigenvalue weighted by Gasteiger charge is 2.25. The smallest absolute Gasteiger partial charge is 0.264 e. The fraction of sp³-hybridized carbons (Fsp3) is 0.231. The van der Waals surface area contributed by atoms with Crippen LogP contribution >= 0.6 is 27.7 Å². The molecule has 1 N–H and O–H groups in total. The molecule has 1 aliphatic rings. The summed E-state index contributed by atoms with van der Waals surface area (Å²) >= 11 is 4.97. The highest BCUT2D eigenvalue weighted by molar-refractivity contribution is 9.10. The zero-order chi connectivity index (χ0) is 23.2. The molecule has 0 atom stereocenters. The van der Waals surface area contributed by atoms with Crippen molar-refractivity contribution in [3.63, 3.8) is 0 Å². The third kappa shape index (κ3) is 4.21. The Balaban J connectivity index is 1.67. The number of carbonyl (C=O) groups is 1. The Hall–Kier alpha value is -2.57. The molecule has 0 bridgehead atoms. The van der Waals surface area contributed by atoms with Crippen LogP contribution in [0.15, 0.2) is 50.8 Å². The number of rotatable bonds is 3.